The Bertz CT molecular complexity index is 825. The van der Waals surface area contributed by atoms with Crippen LogP contribution >= 0.6 is 22.6 Å². The Labute approximate surface area is 159 Å². The fourth-order valence-corrected chi connectivity index (χ4v) is 4.65. The minimum atomic E-state index is -0.223. The molecule has 2 amide bonds. The van der Waals surface area contributed by atoms with Gasteiger partial charge in [0, 0.05) is 0 Å². The first-order valence-corrected chi connectivity index (χ1v) is 9.14. The van der Waals surface area contributed by atoms with Crippen LogP contribution in [0.3, 0.4) is 0 Å². The van der Waals surface area contributed by atoms with E-state index in [0.717, 1.165) is 20.6 Å². The zero-order chi connectivity index (χ0) is 17.6. The number of imide groups is 1. The van der Waals surface area contributed by atoms with Gasteiger partial charge in [-0.2, -0.15) is 10.1 Å². The number of fused-ring (bicyclic) bond motifs is 5. The van der Waals surface area contributed by atoms with E-state index in [2.05, 4.69) is 45.8 Å². The van der Waals surface area contributed by atoms with E-state index < -0.39 is 0 Å². The third-order valence-electron chi connectivity index (χ3n) is 5.04. The lowest BCUT2D eigenvalue weighted by Crippen LogP contribution is -2.28. The highest BCUT2D eigenvalue weighted by Crippen LogP contribution is 2.52. The van der Waals surface area contributed by atoms with Crippen molar-refractivity contribution in [1.82, 2.24) is 5.01 Å². The average molecular weight is 446 g/mol. The van der Waals surface area contributed by atoms with Gasteiger partial charge in [0.25, 0.3) is 11.8 Å². The van der Waals surface area contributed by atoms with E-state index >= 15 is 0 Å². The van der Waals surface area contributed by atoms with Gasteiger partial charge in [-0.25, -0.2) is 0 Å². The second-order valence-corrected chi connectivity index (χ2v) is 7.58. The van der Waals surface area contributed by atoms with Gasteiger partial charge in [0.15, 0.2) is 0 Å². The van der Waals surface area contributed by atoms with E-state index in [-0.39, 0.29) is 42.1 Å². The maximum absolute atomic E-state index is 12.6. The molecule has 1 aromatic carbocycles. The number of benzene rings is 1. The Morgan fingerprint density at radius 2 is 1.96 bits per heavy atom. The molecule has 6 heteroatoms. The Hall–Kier alpha value is -2.14. The lowest BCUT2D eigenvalue weighted by Gasteiger charge is -2.13. The minimum Gasteiger partial charge on any atom is -0.480 e. The standard InChI is InChI=1S/C19H15IN2O3/c1-2-7-25-15-6-3-11(8-14(15)20)10-21-22-18(23)16-12-4-5-13(9-12)17(16)19(22)24/h1,3-6,8,10,12-13,16-17H,7,9H2/t12-,13-,16-,17+/m0/s1. The normalized spacial score (nSPS) is 29.5. The lowest BCUT2D eigenvalue weighted by atomic mass is 9.85. The zero-order valence-corrected chi connectivity index (χ0v) is 15.4. The highest BCUT2D eigenvalue weighted by atomic mass is 127. The number of hydrazone groups is 1. The van der Waals surface area contributed by atoms with Crippen LogP contribution in [0.1, 0.15) is 12.0 Å². The molecule has 126 valence electrons. The van der Waals surface area contributed by atoms with Gasteiger partial charge >= 0.3 is 0 Å². The van der Waals surface area contributed by atoms with Crippen molar-refractivity contribution >= 4 is 40.6 Å². The van der Waals surface area contributed by atoms with Crippen LogP contribution in [0.15, 0.2) is 35.5 Å². The molecule has 1 heterocycles. The minimum absolute atomic E-state index is 0.174. The van der Waals surface area contributed by atoms with E-state index in [0.29, 0.717) is 5.75 Å². The van der Waals surface area contributed by atoms with Crippen LogP contribution in [-0.2, 0) is 9.59 Å². The van der Waals surface area contributed by atoms with Gasteiger partial charge in [-0.3, -0.25) is 9.59 Å². The number of halogens is 1. The Kier molecular flexibility index (Phi) is 4.12. The largest absolute Gasteiger partial charge is 0.480 e. The van der Waals surface area contributed by atoms with Gasteiger partial charge < -0.3 is 4.74 Å². The second-order valence-electron chi connectivity index (χ2n) is 6.42. The first kappa shape index (κ1) is 16.3. The SMILES string of the molecule is C#CCOc1ccc(C=NN2C(=O)[C@@H]3[C@H](C2=O)[C@H]2C=C[C@H]3C2)cc1I. The number of carbonyl (C=O) groups is 2. The number of nitrogens with zero attached hydrogens (tertiary/aromatic N) is 2. The molecule has 4 rings (SSSR count). The molecule has 2 aliphatic carbocycles. The summed E-state index contributed by atoms with van der Waals surface area (Å²) < 4.78 is 6.30. The summed E-state index contributed by atoms with van der Waals surface area (Å²) in [6.45, 7) is 0.208. The third kappa shape index (κ3) is 2.67. The van der Waals surface area contributed by atoms with E-state index in [1.54, 1.807) is 12.3 Å². The van der Waals surface area contributed by atoms with Gasteiger partial charge in [-0.1, -0.05) is 18.1 Å². The molecular weight excluding hydrogens is 431 g/mol. The maximum Gasteiger partial charge on any atom is 0.254 e. The monoisotopic (exact) mass is 446 g/mol. The summed E-state index contributed by atoms with van der Waals surface area (Å²) in [7, 11) is 0. The van der Waals surface area contributed by atoms with Crippen molar-refractivity contribution in [2.75, 3.05) is 6.61 Å². The first-order chi connectivity index (χ1) is 12.1. The molecule has 4 atom stereocenters. The molecule has 0 radical (unpaired) electrons. The Morgan fingerprint density at radius 3 is 2.56 bits per heavy atom. The highest BCUT2D eigenvalue weighted by Gasteiger charge is 2.59. The molecule has 1 saturated carbocycles. The summed E-state index contributed by atoms with van der Waals surface area (Å²) in [6, 6.07) is 5.48. The number of carbonyl (C=O) groups excluding carboxylic acids is 2. The van der Waals surface area contributed by atoms with Crippen LogP contribution in [0.2, 0.25) is 0 Å². The molecule has 3 aliphatic rings. The van der Waals surface area contributed by atoms with Crippen molar-refractivity contribution in [3.63, 3.8) is 0 Å². The topological polar surface area (TPSA) is 59.0 Å². The average Bonchev–Trinajstić information content (AvgIpc) is 3.27. The van der Waals surface area contributed by atoms with E-state index in [4.69, 9.17) is 11.2 Å². The van der Waals surface area contributed by atoms with E-state index in [1.165, 1.54) is 0 Å². The van der Waals surface area contributed by atoms with Crippen molar-refractivity contribution in [2.45, 2.75) is 6.42 Å². The van der Waals surface area contributed by atoms with Crippen molar-refractivity contribution < 1.29 is 14.3 Å². The number of ether oxygens (including phenoxy) is 1. The first-order valence-electron chi connectivity index (χ1n) is 8.06. The Balaban J connectivity index is 1.51. The van der Waals surface area contributed by atoms with Crippen molar-refractivity contribution in [3.05, 3.63) is 39.5 Å². The fraction of sp³-hybridized carbons (Fsp3) is 0.316. The number of amides is 2. The van der Waals surface area contributed by atoms with Gasteiger partial charge in [0.2, 0.25) is 0 Å². The number of terminal acetylenes is 1. The van der Waals surface area contributed by atoms with E-state index in [1.807, 2.05) is 12.1 Å². The predicted molar refractivity (Wildman–Crippen MR) is 101 cm³/mol. The lowest BCUT2D eigenvalue weighted by molar-refractivity contribution is -0.140. The number of allylic oxidation sites excluding steroid dienone is 2. The van der Waals surface area contributed by atoms with E-state index in [9.17, 15) is 9.59 Å². The smallest absolute Gasteiger partial charge is 0.254 e. The Morgan fingerprint density at radius 1 is 1.28 bits per heavy atom. The molecule has 0 spiro atoms. The van der Waals surface area contributed by atoms with Crippen LogP contribution in [-0.4, -0.2) is 29.6 Å². The number of hydrogen-bond donors (Lipinski definition) is 0. The summed E-state index contributed by atoms with van der Waals surface area (Å²) in [5.41, 5.74) is 0.788. The summed E-state index contributed by atoms with van der Waals surface area (Å²) in [6.07, 6.45) is 11.8. The number of rotatable bonds is 4. The molecule has 5 nitrogen and oxygen atoms in total. The molecule has 0 aromatic heterocycles. The molecule has 2 fully saturated rings. The van der Waals surface area contributed by atoms with Crippen molar-refractivity contribution in [1.29, 1.82) is 0 Å². The quantitative estimate of drug-likeness (QED) is 0.235. The van der Waals surface area contributed by atoms with Crippen LogP contribution in [0, 0.1) is 39.6 Å². The van der Waals surface area contributed by atoms with Crippen molar-refractivity contribution in [2.24, 2.45) is 28.8 Å². The maximum atomic E-state index is 12.6. The van der Waals surface area contributed by atoms with Crippen LogP contribution in [0.4, 0.5) is 0 Å². The second kappa shape index (κ2) is 6.30. The van der Waals surface area contributed by atoms with Crippen LogP contribution in [0.25, 0.3) is 0 Å². The molecule has 1 aliphatic heterocycles. The molecule has 2 bridgehead atoms. The predicted octanol–water partition coefficient (Wildman–Crippen LogP) is 2.44. The molecule has 0 N–H and O–H groups in total. The fourth-order valence-electron chi connectivity index (χ4n) is 3.96. The van der Waals surface area contributed by atoms with Gasteiger partial charge in [0.1, 0.15) is 12.4 Å². The molecule has 1 saturated heterocycles. The molecule has 1 aromatic rings. The third-order valence-corrected chi connectivity index (χ3v) is 5.88. The summed E-state index contributed by atoms with van der Waals surface area (Å²) in [5, 5.41) is 5.23. The molecule has 0 unspecified atom stereocenters. The highest BCUT2D eigenvalue weighted by molar-refractivity contribution is 14.1. The summed E-state index contributed by atoms with van der Waals surface area (Å²) >= 11 is 2.15. The number of hydrogen-bond acceptors (Lipinski definition) is 4. The molecule has 25 heavy (non-hydrogen) atoms. The molecular formula is C19H15IN2O3. The summed E-state index contributed by atoms with van der Waals surface area (Å²) in [4.78, 5) is 25.1. The van der Waals surface area contributed by atoms with Gasteiger partial charge in [-0.05, 0) is 64.6 Å². The van der Waals surface area contributed by atoms with Gasteiger partial charge in [0.05, 0.1) is 21.6 Å². The van der Waals surface area contributed by atoms with Crippen LogP contribution in [0.5, 0.6) is 5.75 Å². The summed E-state index contributed by atoms with van der Waals surface area (Å²) in [5.74, 6) is 2.71. The van der Waals surface area contributed by atoms with Crippen LogP contribution < -0.4 is 4.74 Å². The van der Waals surface area contributed by atoms with Gasteiger partial charge in [-0.15, -0.1) is 6.42 Å². The zero-order valence-electron chi connectivity index (χ0n) is 13.3. The van der Waals surface area contributed by atoms with Crippen molar-refractivity contribution in [3.8, 4) is 18.1 Å².